The molecule has 4 heteroatoms. The summed E-state index contributed by atoms with van der Waals surface area (Å²) in [6, 6.07) is 5.54. The van der Waals surface area contributed by atoms with E-state index in [0.717, 1.165) is 31.2 Å². The topological polar surface area (TPSA) is 60.4 Å². The molecule has 0 amide bonds. The maximum atomic E-state index is 11.7. The Labute approximate surface area is 166 Å². The van der Waals surface area contributed by atoms with Gasteiger partial charge in [-0.1, -0.05) is 26.3 Å². The molecule has 3 unspecified atom stereocenters. The van der Waals surface area contributed by atoms with Crippen LogP contribution in [0, 0.1) is 11.3 Å². The SMILES string of the molecule is CC1(C(=O)[O-])CCCC2(C)c3cc(O)ccc3CCC12.[Ba+2]. The van der Waals surface area contributed by atoms with Crippen LogP contribution in [0.4, 0.5) is 0 Å². The summed E-state index contributed by atoms with van der Waals surface area (Å²) in [5.74, 6) is -0.563. The van der Waals surface area contributed by atoms with Gasteiger partial charge in [0.2, 0.25) is 0 Å². The van der Waals surface area contributed by atoms with Crippen LogP contribution in [0.2, 0.25) is 0 Å². The molecule has 1 N–H and O–H groups in total. The summed E-state index contributed by atoms with van der Waals surface area (Å²) < 4.78 is 0. The largest absolute Gasteiger partial charge is 2.00 e. The van der Waals surface area contributed by atoms with E-state index in [0.29, 0.717) is 6.42 Å². The van der Waals surface area contributed by atoms with Gasteiger partial charge in [-0.3, -0.25) is 0 Å². The van der Waals surface area contributed by atoms with Gasteiger partial charge in [0.05, 0.1) is 0 Å². The van der Waals surface area contributed by atoms with Gasteiger partial charge in [-0.05, 0) is 60.3 Å². The molecular weight excluding hydrogens is 390 g/mol. The number of aryl methyl sites for hydroxylation is 1. The van der Waals surface area contributed by atoms with E-state index in [2.05, 4.69) is 6.92 Å². The van der Waals surface area contributed by atoms with Crippen LogP contribution in [0.3, 0.4) is 0 Å². The van der Waals surface area contributed by atoms with Gasteiger partial charge >= 0.3 is 48.9 Å². The van der Waals surface area contributed by atoms with Crippen molar-refractivity contribution in [3.05, 3.63) is 29.3 Å². The van der Waals surface area contributed by atoms with Gasteiger partial charge in [0.1, 0.15) is 5.75 Å². The normalized spacial score (nSPS) is 34.3. The monoisotopic (exact) mass is 411 g/mol. The Morgan fingerprint density at radius 3 is 2.71 bits per heavy atom. The zero-order chi connectivity index (χ0) is 14.5. The van der Waals surface area contributed by atoms with Crippen LogP contribution < -0.4 is 5.11 Å². The second kappa shape index (κ2) is 5.93. The number of carboxylic acids is 1. The smallest absolute Gasteiger partial charge is 0.550 e. The number of rotatable bonds is 1. The van der Waals surface area contributed by atoms with Gasteiger partial charge in [-0.2, -0.15) is 0 Å². The number of hydrogen-bond donors (Lipinski definition) is 1. The molecule has 1 aromatic carbocycles. The van der Waals surface area contributed by atoms with Crippen molar-refractivity contribution in [2.24, 2.45) is 11.3 Å². The summed E-state index contributed by atoms with van der Waals surface area (Å²) in [4.78, 5) is 11.7. The van der Waals surface area contributed by atoms with Gasteiger partial charge < -0.3 is 15.0 Å². The molecule has 0 spiro atoms. The Hall–Kier alpha value is 0.0614. The van der Waals surface area contributed by atoms with Crippen molar-refractivity contribution in [2.45, 2.75) is 51.4 Å². The van der Waals surface area contributed by atoms with E-state index in [1.165, 1.54) is 5.56 Å². The Kier molecular flexibility index (Phi) is 4.92. The molecule has 0 aliphatic heterocycles. The molecule has 1 saturated carbocycles. The van der Waals surface area contributed by atoms with E-state index in [1.807, 2.05) is 19.1 Å². The van der Waals surface area contributed by atoms with E-state index >= 15 is 0 Å². The van der Waals surface area contributed by atoms with Crippen molar-refractivity contribution in [3.8, 4) is 5.75 Å². The number of fused-ring (bicyclic) bond motifs is 3. The average molecular weight is 411 g/mol. The molecular formula is C17H21BaO3+. The molecule has 21 heavy (non-hydrogen) atoms. The minimum absolute atomic E-state index is 0. The fraction of sp³-hybridized carbons (Fsp3) is 0.588. The molecule has 0 aromatic heterocycles. The van der Waals surface area contributed by atoms with E-state index < -0.39 is 11.4 Å². The summed E-state index contributed by atoms with van der Waals surface area (Å²) in [7, 11) is 0. The number of phenols is 1. The van der Waals surface area contributed by atoms with Crippen molar-refractivity contribution in [2.75, 3.05) is 0 Å². The van der Waals surface area contributed by atoms with Gasteiger partial charge in [0.15, 0.2) is 0 Å². The van der Waals surface area contributed by atoms with Crippen LogP contribution in [-0.2, 0) is 16.6 Å². The standard InChI is InChI=1S/C17H22O3.Ba/c1-16-8-3-9-17(2,15(19)20)14(16)7-5-11-4-6-12(18)10-13(11)16;/h4,6,10,14,18H,3,5,7-9H2,1-2H3,(H,19,20);/q;+2/p-1. The first kappa shape index (κ1) is 17.4. The molecule has 2 aliphatic rings. The number of carboxylic acid groups (broad SMARTS) is 1. The summed E-state index contributed by atoms with van der Waals surface area (Å²) in [5, 5.41) is 21.5. The van der Waals surface area contributed by atoms with Crippen LogP contribution in [0.15, 0.2) is 18.2 Å². The number of benzene rings is 1. The van der Waals surface area contributed by atoms with E-state index in [-0.39, 0.29) is 66.0 Å². The van der Waals surface area contributed by atoms with Crippen molar-refractivity contribution in [1.82, 2.24) is 0 Å². The number of hydrogen-bond acceptors (Lipinski definition) is 3. The predicted molar refractivity (Wildman–Crippen MR) is 80.0 cm³/mol. The van der Waals surface area contributed by atoms with Crippen molar-refractivity contribution >= 4 is 54.9 Å². The zero-order valence-electron chi connectivity index (χ0n) is 12.8. The van der Waals surface area contributed by atoms with Gasteiger partial charge in [-0.15, -0.1) is 0 Å². The van der Waals surface area contributed by atoms with Crippen LogP contribution in [0.25, 0.3) is 0 Å². The Morgan fingerprint density at radius 2 is 2.05 bits per heavy atom. The zero-order valence-corrected chi connectivity index (χ0v) is 17.3. The fourth-order valence-electron chi connectivity index (χ4n) is 4.69. The number of phenolic OH excluding ortho intramolecular Hbond substituents is 1. The van der Waals surface area contributed by atoms with Gasteiger partial charge in [-0.25, -0.2) is 0 Å². The molecule has 0 radical (unpaired) electrons. The third kappa shape index (κ3) is 2.61. The summed E-state index contributed by atoms with van der Waals surface area (Å²) in [6.45, 7) is 4.01. The molecule has 3 atom stereocenters. The Morgan fingerprint density at radius 1 is 1.33 bits per heavy atom. The first-order valence-corrected chi connectivity index (χ1v) is 7.42. The minimum atomic E-state index is -0.919. The molecule has 3 nitrogen and oxygen atoms in total. The Balaban J connectivity index is 0.00000161. The van der Waals surface area contributed by atoms with Crippen LogP contribution in [-0.4, -0.2) is 60.0 Å². The first-order valence-electron chi connectivity index (χ1n) is 7.42. The number of aliphatic carboxylic acids is 1. The van der Waals surface area contributed by atoms with Crippen molar-refractivity contribution < 1.29 is 15.0 Å². The van der Waals surface area contributed by atoms with E-state index in [9.17, 15) is 15.0 Å². The van der Waals surface area contributed by atoms with Crippen molar-refractivity contribution in [1.29, 1.82) is 0 Å². The molecule has 3 rings (SSSR count). The van der Waals surface area contributed by atoms with Crippen LogP contribution in [0.5, 0.6) is 5.75 Å². The second-order valence-electron chi connectivity index (χ2n) is 6.91. The molecule has 0 saturated heterocycles. The maximum Gasteiger partial charge on any atom is 2.00 e. The fourth-order valence-corrected chi connectivity index (χ4v) is 4.69. The number of aromatic hydroxyl groups is 1. The second-order valence-corrected chi connectivity index (χ2v) is 6.91. The number of carbonyl (C=O) groups excluding carboxylic acids is 1. The molecule has 0 heterocycles. The summed E-state index contributed by atoms with van der Waals surface area (Å²) >= 11 is 0. The third-order valence-electron chi connectivity index (χ3n) is 5.81. The van der Waals surface area contributed by atoms with E-state index in [1.54, 1.807) is 6.07 Å². The quantitative estimate of drug-likeness (QED) is 0.718. The predicted octanol–water partition coefficient (Wildman–Crippen LogP) is 1.77. The average Bonchev–Trinajstić information content (AvgIpc) is 2.39. The maximum absolute atomic E-state index is 11.7. The molecule has 2 aliphatic carbocycles. The minimum Gasteiger partial charge on any atom is -0.550 e. The molecule has 1 fully saturated rings. The summed E-state index contributed by atoms with van der Waals surface area (Å²) in [6.07, 6.45) is 4.35. The Bertz CT molecular complexity index is 571. The first-order chi connectivity index (χ1) is 9.38. The van der Waals surface area contributed by atoms with Gasteiger partial charge in [0, 0.05) is 11.4 Å². The van der Waals surface area contributed by atoms with Crippen LogP contribution >= 0.6 is 0 Å². The summed E-state index contributed by atoms with van der Waals surface area (Å²) in [5.41, 5.74) is 1.47. The molecule has 1 aromatic rings. The van der Waals surface area contributed by atoms with Gasteiger partial charge in [0.25, 0.3) is 0 Å². The number of carbonyl (C=O) groups is 1. The van der Waals surface area contributed by atoms with Crippen LogP contribution in [0.1, 0.15) is 50.7 Å². The van der Waals surface area contributed by atoms with E-state index in [4.69, 9.17) is 0 Å². The molecule has 108 valence electrons. The third-order valence-corrected chi connectivity index (χ3v) is 5.81. The van der Waals surface area contributed by atoms with Crippen molar-refractivity contribution in [3.63, 3.8) is 0 Å². The molecule has 0 bridgehead atoms.